The van der Waals surface area contributed by atoms with Crippen molar-refractivity contribution in [2.75, 3.05) is 0 Å². The number of alkyl halides is 2. The minimum absolute atomic E-state index is 0.375. The Bertz CT molecular complexity index is 226. The molecule has 0 aromatic rings. The Morgan fingerprint density at radius 1 is 1.24 bits per heavy atom. The zero-order chi connectivity index (χ0) is 13.5. The van der Waals surface area contributed by atoms with Gasteiger partial charge in [-0.15, -0.1) is 0 Å². The molecule has 0 aromatic carbocycles. The fourth-order valence-corrected chi connectivity index (χ4v) is 2.27. The largest absolute Gasteiger partial charge is 0.348 e. The Balaban J connectivity index is 4.41. The highest BCUT2D eigenvalue weighted by atomic mass is 32.1. The molecule has 0 aliphatic carbocycles. The summed E-state index contributed by atoms with van der Waals surface area (Å²) in [6.45, 7) is 5.95. The van der Waals surface area contributed by atoms with Gasteiger partial charge >= 0.3 is 5.25 Å². The highest BCUT2D eigenvalue weighted by Gasteiger charge is 2.38. The number of unbranched alkanes of at least 4 members (excludes halogenated alkanes) is 1. The van der Waals surface area contributed by atoms with Crippen LogP contribution in [0.25, 0.3) is 0 Å². The Kier molecular flexibility index (Phi) is 8.01. The predicted octanol–water partition coefficient (Wildman–Crippen LogP) is 4.71. The van der Waals surface area contributed by atoms with Crippen molar-refractivity contribution in [3.63, 3.8) is 0 Å². The SMILES string of the molecule is CCCCC(CC)CC(CC)C(=O)C(F)(F)S. The maximum atomic E-state index is 12.9. The maximum absolute atomic E-state index is 12.9. The Morgan fingerprint density at radius 3 is 2.18 bits per heavy atom. The van der Waals surface area contributed by atoms with Gasteiger partial charge in [-0.2, -0.15) is 8.78 Å². The normalized spacial score (nSPS) is 15.6. The van der Waals surface area contributed by atoms with E-state index >= 15 is 0 Å². The van der Waals surface area contributed by atoms with E-state index in [-0.39, 0.29) is 0 Å². The van der Waals surface area contributed by atoms with Crippen LogP contribution in [0.2, 0.25) is 0 Å². The summed E-state index contributed by atoms with van der Waals surface area (Å²) in [5.41, 5.74) is 0. The van der Waals surface area contributed by atoms with E-state index < -0.39 is 17.0 Å². The number of carbonyl (C=O) groups excluding carboxylic acids is 1. The van der Waals surface area contributed by atoms with Gasteiger partial charge in [-0.25, -0.2) is 0 Å². The van der Waals surface area contributed by atoms with E-state index in [4.69, 9.17) is 0 Å². The second-order valence-corrected chi connectivity index (χ2v) is 5.22. The average molecular weight is 266 g/mol. The number of halogens is 2. The Morgan fingerprint density at radius 2 is 1.82 bits per heavy atom. The van der Waals surface area contributed by atoms with Crippen molar-refractivity contribution in [3.8, 4) is 0 Å². The highest BCUT2D eigenvalue weighted by molar-refractivity contribution is 7.82. The Hall–Kier alpha value is -0.120. The predicted molar refractivity (Wildman–Crippen MR) is 70.6 cm³/mol. The Labute approximate surface area is 109 Å². The van der Waals surface area contributed by atoms with Gasteiger partial charge in [0.15, 0.2) is 0 Å². The van der Waals surface area contributed by atoms with E-state index in [1.807, 2.05) is 0 Å². The molecular weight excluding hydrogens is 242 g/mol. The quantitative estimate of drug-likeness (QED) is 0.598. The summed E-state index contributed by atoms with van der Waals surface area (Å²) in [5, 5.41) is -3.48. The van der Waals surface area contributed by atoms with Crippen LogP contribution in [0.1, 0.15) is 59.3 Å². The first kappa shape index (κ1) is 16.9. The lowest BCUT2D eigenvalue weighted by molar-refractivity contribution is -0.137. The van der Waals surface area contributed by atoms with Gasteiger partial charge in [-0.1, -0.05) is 59.1 Å². The van der Waals surface area contributed by atoms with Crippen LogP contribution in [0.4, 0.5) is 8.78 Å². The lowest BCUT2D eigenvalue weighted by Gasteiger charge is -2.22. The van der Waals surface area contributed by atoms with E-state index in [1.165, 1.54) is 0 Å². The molecule has 0 radical (unpaired) electrons. The van der Waals surface area contributed by atoms with Crippen LogP contribution < -0.4 is 0 Å². The van der Waals surface area contributed by atoms with Crippen LogP contribution in [0.15, 0.2) is 0 Å². The van der Waals surface area contributed by atoms with Crippen LogP contribution >= 0.6 is 12.6 Å². The van der Waals surface area contributed by atoms with E-state index in [9.17, 15) is 13.6 Å². The third-order valence-electron chi connectivity index (χ3n) is 3.32. The summed E-state index contributed by atoms with van der Waals surface area (Å²) in [4.78, 5) is 11.5. The molecule has 1 nitrogen and oxygen atoms in total. The first-order valence-corrected chi connectivity index (χ1v) is 6.95. The highest BCUT2D eigenvalue weighted by Crippen LogP contribution is 2.31. The number of ketones is 1. The molecule has 0 aromatic heterocycles. The zero-order valence-electron chi connectivity index (χ0n) is 11.0. The lowest BCUT2D eigenvalue weighted by atomic mass is 9.85. The van der Waals surface area contributed by atoms with Gasteiger partial charge in [0, 0.05) is 5.92 Å². The summed E-state index contributed by atoms with van der Waals surface area (Å²) < 4.78 is 25.7. The van der Waals surface area contributed by atoms with Crippen molar-refractivity contribution in [1.29, 1.82) is 0 Å². The molecule has 0 rings (SSSR count). The molecule has 0 aliphatic rings. The van der Waals surface area contributed by atoms with Gasteiger partial charge in [0.2, 0.25) is 5.78 Å². The van der Waals surface area contributed by atoms with Crippen LogP contribution in [-0.2, 0) is 4.79 Å². The smallest absolute Gasteiger partial charge is 0.292 e. The topological polar surface area (TPSA) is 17.1 Å². The summed E-state index contributed by atoms with van der Waals surface area (Å²) in [6.07, 6.45) is 5.21. The first-order valence-electron chi connectivity index (χ1n) is 6.51. The lowest BCUT2D eigenvalue weighted by Crippen LogP contribution is -2.30. The number of hydrogen-bond acceptors (Lipinski definition) is 2. The molecule has 0 saturated heterocycles. The van der Waals surface area contributed by atoms with Gasteiger partial charge in [0.1, 0.15) is 0 Å². The molecule has 0 spiro atoms. The van der Waals surface area contributed by atoms with Gasteiger partial charge < -0.3 is 0 Å². The molecule has 17 heavy (non-hydrogen) atoms. The fourth-order valence-electron chi connectivity index (χ4n) is 2.09. The van der Waals surface area contributed by atoms with E-state index in [0.29, 0.717) is 18.8 Å². The molecule has 0 heterocycles. The van der Waals surface area contributed by atoms with Crippen LogP contribution in [0.3, 0.4) is 0 Å². The molecule has 0 N–H and O–H groups in total. The maximum Gasteiger partial charge on any atom is 0.348 e. The number of rotatable bonds is 9. The van der Waals surface area contributed by atoms with Crippen molar-refractivity contribution in [2.45, 2.75) is 64.6 Å². The standard InChI is InChI=1S/C13H24F2OS/c1-4-7-8-10(5-2)9-11(6-3)12(16)13(14,15)17/h10-11,17H,4-9H2,1-3H3. The minimum Gasteiger partial charge on any atom is -0.292 e. The number of thiol groups is 1. The number of hydrogen-bond donors (Lipinski definition) is 1. The van der Waals surface area contributed by atoms with E-state index in [2.05, 4.69) is 26.5 Å². The monoisotopic (exact) mass is 266 g/mol. The molecule has 4 heteroatoms. The van der Waals surface area contributed by atoms with Crippen molar-refractivity contribution in [3.05, 3.63) is 0 Å². The number of carbonyl (C=O) groups is 1. The summed E-state index contributed by atoms with van der Waals surface area (Å²) in [5.74, 6) is -1.19. The molecule has 0 amide bonds. The molecule has 102 valence electrons. The molecule has 0 bridgehead atoms. The molecule has 2 unspecified atom stereocenters. The van der Waals surface area contributed by atoms with Gasteiger partial charge in [-0.3, -0.25) is 4.79 Å². The minimum atomic E-state index is -3.48. The van der Waals surface area contributed by atoms with E-state index in [0.717, 1.165) is 25.7 Å². The van der Waals surface area contributed by atoms with Crippen LogP contribution in [-0.4, -0.2) is 11.0 Å². The first-order chi connectivity index (χ1) is 7.86. The second kappa shape index (κ2) is 8.06. The molecule has 0 saturated carbocycles. The van der Waals surface area contributed by atoms with Crippen molar-refractivity contribution < 1.29 is 13.6 Å². The van der Waals surface area contributed by atoms with Crippen LogP contribution in [0.5, 0.6) is 0 Å². The second-order valence-electron chi connectivity index (χ2n) is 4.66. The molecular formula is C13H24F2OS. The fraction of sp³-hybridized carbons (Fsp3) is 0.923. The van der Waals surface area contributed by atoms with Gasteiger partial charge in [-0.05, 0) is 18.8 Å². The van der Waals surface area contributed by atoms with Crippen molar-refractivity contribution in [1.82, 2.24) is 0 Å². The molecule has 2 atom stereocenters. The van der Waals surface area contributed by atoms with Crippen molar-refractivity contribution in [2.24, 2.45) is 11.8 Å². The summed E-state index contributed by atoms with van der Waals surface area (Å²) in [6, 6.07) is 0. The number of Topliss-reactive ketones (excluding diaryl/α,β-unsaturated/α-hetero) is 1. The third kappa shape index (κ3) is 6.39. The summed E-state index contributed by atoms with van der Waals surface area (Å²) in [7, 11) is 0. The average Bonchev–Trinajstić information content (AvgIpc) is 2.27. The molecule has 0 fully saturated rings. The molecule has 0 aliphatic heterocycles. The van der Waals surface area contributed by atoms with Gasteiger partial charge in [0.05, 0.1) is 0 Å². The summed E-state index contributed by atoms with van der Waals surface area (Å²) >= 11 is 3.08. The zero-order valence-corrected chi connectivity index (χ0v) is 11.9. The van der Waals surface area contributed by atoms with Crippen molar-refractivity contribution >= 4 is 18.4 Å². The third-order valence-corrected chi connectivity index (χ3v) is 3.54. The van der Waals surface area contributed by atoms with Crippen LogP contribution in [0, 0.1) is 11.8 Å². The van der Waals surface area contributed by atoms with Gasteiger partial charge in [0.25, 0.3) is 0 Å². The van der Waals surface area contributed by atoms with E-state index in [1.54, 1.807) is 6.92 Å².